The van der Waals surface area contributed by atoms with Gasteiger partial charge in [0.1, 0.15) is 18.2 Å². The van der Waals surface area contributed by atoms with Crippen LogP contribution in [0, 0.1) is 23.7 Å². The number of carbonyl (C=O) groups is 3. The maximum absolute atomic E-state index is 13.4. The van der Waals surface area contributed by atoms with Crippen molar-refractivity contribution >= 4 is 17.7 Å². The first-order valence-electron chi connectivity index (χ1n) is 14.3. The summed E-state index contributed by atoms with van der Waals surface area (Å²) in [6, 6.07) is -0.935. The Kier molecular flexibility index (Phi) is 10.4. The van der Waals surface area contributed by atoms with Crippen molar-refractivity contribution in [1.82, 2.24) is 4.90 Å². The Labute approximate surface area is 225 Å². The third kappa shape index (κ3) is 6.58. The molecule has 1 amide bonds. The summed E-state index contributed by atoms with van der Waals surface area (Å²) in [5.41, 5.74) is 0. The first kappa shape index (κ1) is 30.9. The molecule has 10 nitrogen and oxygen atoms in total. The maximum atomic E-state index is 13.4. The van der Waals surface area contributed by atoms with Crippen molar-refractivity contribution in [3.8, 4) is 0 Å². The van der Waals surface area contributed by atoms with Crippen molar-refractivity contribution < 1.29 is 44.3 Å². The molecule has 0 radical (unpaired) electrons. The standard InChI is InChI=1S/C28H47NO9/c1-15(2)22-12-9-17(4)28(36,38-22)25(33)26(34)29-13-7-6-8-20(29)27(35)37-18(5)16(3)14-19-10-11-21(30)24(32)23(19)31/h15-24,30-32,36H,6-14H2,1-5H3. The number of hydrogen-bond donors (Lipinski definition) is 4. The van der Waals surface area contributed by atoms with Crippen molar-refractivity contribution in [3.05, 3.63) is 0 Å². The molecule has 10 unspecified atom stereocenters. The van der Waals surface area contributed by atoms with Crippen LogP contribution in [0.25, 0.3) is 0 Å². The minimum absolute atomic E-state index is 0.0705. The number of ketones is 1. The van der Waals surface area contributed by atoms with Gasteiger partial charge in [-0.2, -0.15) is 0 Å². The second-order valence-electron chi connectivity index (χ2n) is 12.2. The summed E-state index contributed by atoms with van der Waals surface area (Å²) in [6.45, 7) is 9.41. The van der Waals surface area contributed by atoms with Crippen LogP contribution >= 0.6 is 0 Å². The molecule has 0 bridgehead atoms. The number of carbonyl (C=O) groups excluding carboxylic acids is 3. The van der Waals surface area contributed by atoms with Gasteiger partial charge in [0, 0.05) is 12.5 Å². The third-order valence-corrected chi connectivity index (χ3v) is 9.02. The number of esters is 1. The van der Waals surface area contributed by atoms with Gasteiger partial charge >= 0.3 is 5.97 Å². The molecule has 4 N–H and O–H groups in total. The molecule has 3 aliphatic rings. The molecule has 2 heterocycles. The number of amides is 1. The highest BCUT2D eigenvalue weighted by Crippen LogP contribution is 2.37. The number of piperidine rings is 1. The Bertz CT molecular complexity index is 850. The highest BCUT2D eigenvalue weighted by atomic mass is 16.6. The normalized spacial score (nSPS) is 37.9. The number of nitrogens with zero attached hydrogens (tertiary/aromatic N) is 1. The Balaban J connectivity index is 1.64. The van der Waals surface area contributed by atoms with Crippen LogP contribution in [0.3, 0.4) is 0 Å². The predicted octanol–water partition coefficient (Wildman–Crippen LogP) is 1.55. The monoisotopic (exact) mass is 541 g/mol. The van der Waals surface area contributed by atoms with E-state index in [1.807, 2.05) is 20.8 Å². The lowest BCUT2D eigenvalue weighted by molar-refractivity contribution is -0.269. The van der Waals surface area contributed by atoms with Gasteiger partial charge < -0.3 is 34.8 Å². The van der Waals surface area contributed by atoms with Gasteiger partial charge in [0.25, 0.3) is 11.7 Å². The highest BCUT2D eigenvalue weighted by Gasteiger charge is 2.53. The average molecular weight is 542 g/mol. The van der Waals surface area contributed by atoms with Gasteiger partial charge in [0.2, 0.25) is 5.79 Å². The van der Waals surface area contributed by atoms with Crippen molar-refractivity contribution in [3.63, 3.8) is 0 Å². The molecule has 10 atom stereocenters. The maximum Gasteiger partial charge on any atom is 0.329 e. The van der Waals surface area contributed by atoms with Crippen molar-refractivity contribution in [2.45, 2.75) is 128 Å². The molecule has 1 aliphatic carbocycles. The van der Waals surface area contributed by atoms with Gasteiger partial charge in [-0.05, 0) is 76.0 Å². The topological polar surface area (TPSA) is 154 Å². The quantitative estimate of drug-likeness (QED) is 0.265. The molecule has 1 saturated carbocycles. The van der Waals surface area contributed by atoms with E-state index in [0.717, 1.165) is 0 Å². The number of ether oxygens (including phenoxy) is 2. The van der Waals surface area contributed by atoms with E-state index < -0.39 is 59.8 Å². The van der Waals surface area contributed by atoms with E-state index in [0.29, 0.717) is 51.4 Å². The number of hydrogen-bond acceptors (Lipinski definition) is 9. The zero-order valence-corrected chi connectivity index (χ0v) is 23.4. The lowest BCUT2D eigenvalue weighted by Crippen LogP contribution is -2.61. The second-order valence-corrected chi connectivity index (χ2v) is 12.2. The van der Waals surface area contributed by atoms with E-state index in [1.165, 1.54) is 4.90 Å². The average Bonchev–Trinajstić information content (AvgIpc) is 2.89. The largest absolute Gasteiger partial charge is 0.461 e. The van der Waals surface area contributed by atoms with Gasteiger partial charge in [-0.1, -0.05) is 27.7 Å². The Hall–Kier alpha value is -1.59. The van der Waals surface area contributed by atoms with Crippen molar-refractivity contribution in [2.75, 3.05) is 6.54 Å². The lowest BCUT2D eigenvalue weighted by Gasteiger charge is -2.43. The fraction of sp³-hybridized carbons (Fsp3) is 0.893. The van der Waals surface area contributed by atoms with E-state index in [2.05, 4.69) is 0 Å². The van der Waals surface area contributed by atoms with Gasteiger partial charge in [0.15, 0.2) is 0 Å². The van der Waals surface area contributed by atoms with Gasteiger partial charge in [-0.15, -0.1) is 0 Å². The second kappa shape index (κ2) is 12.7. The summed E-state index contributed by atoms with van der Waals surface area (Å²) in [6.07, 6.45) is 0.289. The fourth-order valence-corrected chi connectivity index (χ4v) is 6.00. The third-order valence-electron chi connectivity index (χ3n) is 9.02. The molecular weight excluding hydrogens is 494 g/mol. The first-order valence-corrected chi connectivity index (χ1v) is 14.3. The van der Waals surface area contributed by atoms with Crippen LogP contribution < -0.4 is 0 Å². The Morgan fingerprint density at radius 3 is 2.32 bits per heavy atom. The van der Waals surface area contributed by atoms with E-state index >= 15 is 0 Å². The Morgan fingerprint density at radius 2 is 1.66 bits per heavy atom. The van der Waals surface area contributed by atoms with Crippen LogP contribution in [0.1, 0.15) is 86.0 Å². The van der Waals surface area contributed by atoms with Gasteiger partial charge in [0.05, 0.1) is 18.3 Å². The van der Waals surface area contributed by atoms with Crippen LogP contribution in [0.5, 0.6) is 0 Å². The summed E-state index contributed by atoms with van der Waals surface area (Å²) in [5.74, 6) is -5.66. The summed E-state index contributed by atoms with van der Waals surface area (Å²) in [7, 11) is 0. The number of aliphatic hydroxyl groups excluding tert-OH is 3. The SMILES string of the molecule is CC(C)C1CCC(C)C(O)(C(=O)C(=O)N2CCCCC2C(=O)OC(C)C(C)CC2CCC(O)C(O)C2O)O1. The summed E-state index contributed by atoms with van der Waals surface area (Å²) < 4.78 is 11.5. The van der Waals surface area contributed by atoms with Crippen LogP contribution in [0.2, 0.25) is 0 Å². The van der Waals surface area contributed by atoms with Crippen LogP contribution in [-0.4, -0.2) is 91.9 Å². The summed E-state index contributed by atoms with van der Waals surface area (Å²) in [4.78, 5) is 41.1. The molecule has 218 valence electrons. The first-order chi connectivity index (χ1) is 17.8. The predicted molar refractivity (Wildman–Crippen MR) is 137 cm³/mol. The molecule has 0 aromatic carbocycles. The van der Waals surface area contributed by atoms with Crippen molar-refractivity contribution in [2.24, 2.45) is 23.7 Å². The van der Waals surface area contributed by atoms with Crippen LogP contribution in [0.4, 0.5) is 0 Å². The molecule has 2 saturated heterocycles. The zero-order valence-electron chi connectivity index (χ0n) is 23.4. The Morgan fingerprint density at radius 1 is 0.974 bits per heavy atom. The molecule has 2 aliphatic heterocycles. The molecule has 10 heteroatoms. The van der Waals surface area contributed by atoms with Crippen LogP contribution in [-0.2, 0) is 23.9 Å². The molecule has 3 fully saturated rings. The lowest BCUT2D eigenvalue weighted by atomic mass is 9.77. The highest BCUT2D eigenvalue weighted by molar-refractivity contribution is 6.39. The minimum Gasteiger partial charge on any atom is -0.461 e. The van der Waals surface area contributed by atoms with Crippen molar-refractivity contribution in [1.29, 1.82) is 0 Å². The minimum atomic E-state index is -2.23. The molecule has 0 aromatic rings. The van der Waals surface area contributed by atoms with Gasteiger partial charge in [-0.25, -0.2) is 4.79 Å². The molecule has 38 heavy (non-hydrogen) atoms. The molecule has 0 spiro atoms. The number of rotatable bonds is 8. The van der Waals surface area contributed by atoms with E-state index in [1.54, 1.807) is 13.8 Å². The molecular formula is C28H47NO9. The summed E-state index contributed by atoms with van der Waals surface area (Å²) >= 11 is 0. The van der Waals surface area contributed by atoms with Crippen LogP contribution in [0.15, 0.2) is 0 Å². The number of likely N-dealkylation sites (tertiary alicyclic amines) is 1. The van der Waals surface area contributed by atoms with E-state index in [9.17, 15) is 34.8 Å². The smallest absolute Gasteiger partial charge is 0.329 e. The fourth-order valence-electron chi connectivity index (χ4n) is 6.00. The zero-order chi connectivity index (χ0) is 28.4. The van der Waals surface area contributed by atoms with Gasteiger partial charge in [-0.3, -0.25) is 9.59 Å². The van der Waals surface area contributed by atoms with E-state index in [-0.39, 0.29) is 30.4 Å². The molecule has 3 rings (SSSR count). The molecule has 0 aromatic heterocycles. The number of Topliss-reactive ketones (excluding diaryl/α,β-unsaturated/α-hetero) is 1. The number of aliphatic hydroxyl groups is 4. The summed E-state index contributed by atoms with van der Waals surface area (Å²) in [5, 5.41) is 41.3. The van der Waals surface area contributed by atoms with E-state index in [4.69, 9.17) is 9.47 Å².